The van der Waals surface area contributed by atoms with Crippen molar-refractivity contribution in [3.8, 4) is 0 Å². The molecule has 0 radical (unpaired) electrons. The van der Waals surface area contributed by atoms with Gasteiger partial charge >= 0.3 is 0 Å². The Hall–Kier alpha value is -0.940. The average molecular weight is 253 g/mol. The molecule has 1 aliphatic rings. The van der Waals surface area contributed by atoms with Crippen LogP contribution in [0.5, 0.6) is 0 Å². The SMILES string of the molecule is CCOC(c1noc(CNC2CC2)n1)C(C)(C)C. The first kappa shape index (κ1) is 13.5. The summed E-state index contributed by atoms with van der Waals surface area (Å²) in [7, 11) is 0. The lowest BCUT2D eigenvalue weighted by Crippen LogP contribution is -2.23. The van der Waals surface area contributed by atoms with Crippen molar-refractivity contribution in [1.82, 2.24) is 15.5 Å². The van der Waals surface area contributed by atoms with E-state index in [0.29, 0.717) is 30.9 Å². The molecule has 5 nitrogen and oxygen atoms in total. The Morgan fingerprint density at radius 1 is 1.44 bits per heavy atom. The highest BCUT2D eigenvalue weighted by Crippen LogP contribution is 2.34. The fraction of sp³-hybridized carbons (Fsp3) is 0.846. The third-order valence-electron chi connectivity index (χ3n) is 2.96. The van der Waals surface area contributed by atoms with Crippen molar-refractivity contribution in [3.05, 3.63) is 11.7 Å². The third kappa shape index (κ3) is 3.53. The summed E-state index contributed by atoms with van der Waals surface area (Å²) in [6.45, 7) is 9.63. The van der Waals surface area contributed by atoms with E-state index in [2.05, 4.69) is 36.2 Å². The van der Waals surface area contributed by atoms with Gasteiger partial charge in [0.05, 0.1) is 6.54 Å². The largest absolute Gasteiger partial charge is 0.370 e. The molecule has 0 saturated heterocycles. The number of hydrogen-bond donors (Lipinski definition) is 1. The Kier molecular flexibility index (Phi) is 4.02. The predicted molar refractivity (Wildman–Crippen MR) is 68.0 cm³/mol. The van der Waals surface area contributed by atoms with E-state index in [1.54, 1.807) is 0 Å². The highest BCUT2D eigenvalue weighted by molar-refractivity contribution is 4.97. The summed E-state index contributed by atoms with van der Waals surface area (Å²) in [5.74, 6) is 1.29. The maximum absolute atomic E-state index is 5.74. The molecule has 1 fully saturated rings. The minimum absolute atomic E-state index is 0.0406. The fourth-order valence-corrected chi connectivity index (χ4v) is 1.84. The van der Waals surface area contributed by atoms with Crippen LogP contribution in [0.4, 0.5) is 0 Å². The van der Waals surface area contributed by atoms with E-state index in [0.717, 1.165) is 0 Å². The van der Waals surface area contributed by atoms with Gasteiger partial charge in [-0.2, -0.15) is 4.98 Å². The number of rotatable bonds is 6. The summed E-state index contributed by atoms with van der Waals surface area (Å²) in [5.41, 5.74) is -0.0406. The number of nitrogens with one attached hydrogen (secondary N) is 1. The van der Waals surface area contributed by atoms with Crippen LogP contribution in [-0.4, -0.2) is 22.8 Å². The van der Waals surface area contributed by atoms with Crippen LogP contribution in [0.25, 0.3) is 0 Å². The molecule has 1 saturated carbocycles. The predicted octanol–water partition coefficient (Wildman–Crippen LogP) is 2.45. The normalized spacial score (nSPS) is 18.0. The zero-order chi connectivity index (χ0) is 13.2. The van der Waals surface area contributed by atoms with Gasteiger partial charge in [0.15, 0.2) is 0 Å². The Morgan fingerprint density at radius 3 is 2.72 bits per heavy atom. The molecule has 0 amide bonds. The van der Waals surface area contributed by atoms with Crippen molar-refractivity contribution in [2.45, 2.75) is 59.2 Å². The Labute approximate surface area is 108 Å². The van der Waals surface area contributed by atoms with Crippen molar-refractivity contribution < 1.29 is 9.26 Å². The molecule has 102 valence electrons. The van der Waals surface area contributed by atoms with Gasteiger partial charge in [-0.15, -0.1) is 0 Å². The summed E-state index contributed by atoms with van der Waals surface area (Å²) < 4.78 is 11.0. The van der Waals surface area contributed by atoms with Crippen LogP contribution < -0.4 is 5.32 Å². The van der Waals surface area contributed by atoms with Crippen molar-refractivity contribution in [1.29, 1.82) is 0 Å². The van der Waals surface area contributed by atoms with Crippen LogP contribution in [0.15, 0.2) is 4.52 Å². The van der Waals surface area contributed by atoms with E-state index in [9.17, 15) is 0 Å². The fourth-order valence-electron chi connectivity index (χ4n) is 1.84. The van der Waals surface area contributed by atoms with Crippen LogP contribution in [-0.2, 0) is 11.3 Å². The quantitative estimate of drug-likeness (QED) is 0.843. The number of hydrogen-bond acceptors (Lipinski definition) is 5. The topological polar surface area (TPSA) is 60.2 Å². The van der Waals surface area contributed by atoms with E-state index in [1.165, 1.54) is 12.8 Å². The molecular formula is C13H23N3O2. The first-order valence-corrected chi connectivity index (χ1v) is 6.68. The molecule has 1 aliphatic carbocycles. The summed E-state index contributed by atoms with van der Waals surface area (Å²) >= 11 is 0. The second-order valence-electron chi connectivity index (χ2n) is 5.90. The Bertz CT molecular complexity index is 380. The lowest BCUT2D eigenvalue weighted by molar-refractivity contribution is -0.0203. The van der Waals surface area contributed by atoms with Crippen LogP contribution in [0.3, 0.4) is 0 Å². The molecule has 1 N–H and O–H groups in total. The van der Waals surface area contributed by atoms with E-state index in [4.69, 9.17) is 9.26 Å². The summed E-state index contributed by atoms with van der Waals surface area (Å²) in [4.78, 5) is 4.43. The van der Waals surface area contributed by atoms with Gasteiger partial charge < -0.3 is 14.6 Å². The summed E-state index contributed by atoms with van der Waals surface area (Å²) in [5, 5.41) is 7.41. The molecule has 1 aromatic rings. The first-order valence-electron chi connectivity index (χ1n) is 6.68. The van der Waals surface area contributed by atoms with Crippen molar-refractivity contribution in [2.24, 2.45) is 5.41 Å². The summed E-state index contributed by atoms with van der Waals surface area (Å²) in [6, 6.07) is 0.644. The molecule has 18 heavy (non-hydrogen) atoms. The molecule has 0 aromatic carbocycles. The Balaban J connectivity index is 2.00. The molecular weight excluding hydrogens is 230 g/mol. The van der Waals surface area contributed by atoms with Crippen LogP contribution in [0, 0.1) is 5.41 Å². The lowest BCUT2D eigenvalue weighted by Gasteiger charge is -2.27. The van der Waals surface area contributed by atoms with Gasteiger partial charge in [0.1, 0.15) is 6.10 Å². The van der Waals surface area contributed by atoms with Gasteiger partial charge in [-0.3, -0.25) is 0 Å². The molecule has 0 aliphatic heterocycles. The molecule has 1 heterocycles. The van der Waals surface area contributed by atoms with Gasteiger partial charge in [-0.1, -0.05) is 25.9 Å². The van der Waals surface area contributed by atoms with Crippen molar-refractivity contribution in [3.63, 3.8) is 0 Å². The van der Waals surface area contributed by atoms with Crippen LogP contribution in [0.1, 0.15) is 58.4 Å². The monoisotopic (exact) mass is 253 g/mol. The van der Waals surface area contributed by atoms with Crippen molar-refractivity contribution in [2.75, 3.05) is 6.61 Å². The van der Waals surface area contributed by atoms with E-state index in [1.807, 2.05) is 6.92 Å². The second kappa shape index (κ2) is 5.36. The molecule has 5 heteroatoms. The number of nitrogens with zero attached hydrogens (tertiary/aromatic N) is 2. The Morgan fingerprint density at radius 2 is 2.17 bits per heavy atom. The van der Waals surface area contributed by atoms with Gasteiger partial charge in [0, 0.05) is 12.6 Å². The zero-order valence-corrected chi connectivity index (χ0v) is 11.7. The molecule has 1 unspecified atom stereocenters. The maximum atomic E-state index is 5.74. The van der Waals surface area contributed by atoms with E-state index >= 15 is 0 Å². The number of ether oxygens (including phenoxy) is 1. The summed E-state index contributed by atoms with van der Waals surface area (Å²) in [6.07, 6.45) is 2.38. The average Bonchev–Trinajstić information content (AvgIpc) is 3.01. The molecule has 2 rings (SSSR count). The van der Waals surface area contributed by atoms with Gasteiger partial charge in [0.2, 0.25) is 11.7 Å². The minimum Gasteiger partial charge on any atom is -0.370 e. The van der Waals surface area contributed by atoms with E-state index in [-0.39, 0.29) is 11.5 Å². The molecule has 1 atom stereocenters. The van der Waals surface area contributed by atoms with Crippen LogP contribution >= 0.6 is 0 Å². The first-order chi connectivity index (χ1) is 8.50. The highest BCUT2D eigenvalue weighted by Gasteiger charge is 2.31. The van der Waals surface area contributed by atoms with E-state index < -0.39 is 0 Å². The smallest absolute Gasteiger partial charge is 0.240 e. The zero-order valence-electron chi connectivity index (χ0n) is 11.7. The van der Waals surface area contributed by atoms with Crippen LogP contribution in [0.2, 0.25) is 0 Å². The molecule has 0 spiro atoms. The number of aromatic nitrogens is 2. The van der Waals surface area contributed by atoms with Gasteiger partial charge in [-0.25, -0.2) is 0 Å². The maximum Gasteiger partial charge on any atom is 0.240 e. The van der Waals surface area contributed by atoms with Crippen molar-refractivity contribution >= 4 is 0 Å². The standard InChI is InChI=1S/C13H23N3O2/c1-5-17-11(13(2,3)4)12-15-10(18-16-12)8-14-9-6-7-9/h9,11,14H,5-8H2,1-4H3. The van der Waals surface area contributed by atoms with Gasteiger partial charge in [0.25, 0.3) is 0 Å². The second-order valence-corrected chi connectivity index (χ2v) is 5.90. The molecule has 1 aromatic heterocycles. The minimum atomic E-state index is -0.124. The molecule has 0 bridgehead atoms. The highest BCUT2D eigenvalue weighted by atomic mass is 16.5. The third-order valence-corrected chi connectivity index (χ3v) is 2.96. The van der Waals surface area contributed by atoms with Gasteiger partial charge in [-0.05, 0) is 25.2 Å². The lowest BCUT2D eigenvalue weighted by atomic mass is 9.88.